The number of carbonyl (C=O) groups is 2. The molecule has 0 unspecified atom stereocenters. The molecule has 0 aliphatic carbocycles. The minimum Gasteiger partial charge on any atom is -0.383 e. The van der Waals surface area contributed by atoms with Gasteiger partial charge in [-0.05, 0) is 26.0 Å². The molecule has 0 radical (unpaired) electrons. The lowest BCUT2D eigenvalue weighted by Crippen LogP contribution is -2.36. The fourth-order valence-corrected chi connectivity index (χ4v) is 3.06. The molecule has 1 aromatic carbocycles. The van der Waals surface area contributed by atoms with Gasteiger partial charge in [0.15, 0.2) is 4.80 Å². The Hall–Kier alpha value is -2.32. The molecule has 6 nitrogen and oxygen atoms in total. The Labute approximate surface area is 149 Å². The highest BCUT2D eigenvalue weighted by molar-refractivity contribution is 7.09. The number of nitrogens with zero attached hydrogens (tertiary/aromatic N) is 2. The Bertz CT molecular complexity index is 829. The van der Waals surface area contributed by atoms with Gasteiger partial charge in [-0.2, -0.15) is 4.99 Å². The van der Waals surface area contributed by atoms with E-state index < -0.39 is 17.8 Å². The molecule has 0 aliphatic heterocycles. The standard InChI is InChI=1S/C17H20FN3O3S/c1-11-10-21(12(2)15(22)19-8-9-24-3)17(25-11)20-16(23)13-6-4-5-7-14(13)18/h4-7,10,12H,8-9H2,1-3H3,(H,19,22)/t12-/m0/s1. The maximum Gasteiger partial charge on any atom is 0.282 e. The van der Waals surface area contributed by atoms with Crippen LogP contribution < -0.4 is 10.1 Å². The summed E-state index contributed by atoms with van der Waals surface area (Å²) in [5.74, 6) is -1.52. The van der Waals surface area contributed by atoms with Crippen molar-refractivity contribution >= 4 is 23.2 Å². The van der Waals surface area contributed by atoms with Crippen molar-refractivity contribution in [3.05, 3.63) is 51.5 Å². The van der Waals surface area contributed by atoms with Crippen LogP contribution in [0.4, 0.5) is 4.39 Å². The number of halogens is 1. The molecule has 1 heterocycles. The van der Waals surface area contributed by atoms with Crippen molar-refractivity contribution < 1.29 is 18.7 Å². The number of ether oxygens (including phenoxy) is 1. The molecule has 25 heavy (non-hydrogen) atoms. The van der Waals surface area contributed by atoms with E-state index in [9.17, 15) is 14.0 Å². The van der Waals surface area contributed by atoms with Gasteiger partial charge in [-0.3, -0.25) is 9.59 Å². The van der Waals surface area contributed by atoms with E-state index in [2.05, 4.69) is 10.3 Å². The Balaban J connectivity index is 2.29. The summed E-state index contributed by atoms with van der Waals surface area (Å²) >= 11 is 1.27. The van der Waals surface area contributed by atoms with E-state index in [4.69, 9.17) is 4.74 Å². The fraction of sp³-hybridized carbons (Fsp3) is 0.353. The number of nitrogens with one attached hydrogen (secondary N) is 1. The first kappa shape index (κ1) is 19.0. The smallest absolute Gasteiger partial charge is 0.282 e. The van der Waals surface area contributed by atoms with Gasteiger partial charge in [-0.15, -0.1) is 11.3 Å². The molecule has 2 aromatic rings. The van der Waals surface area contributed by atoms with Gasteiger partial charge in [0.2, 0.25) is 5.91 Å². The number of hydrogen-bond acceptors (Lipinski definition) is 4. The molecular formula is C17H20FN3O3S. The minimum absolute atomic E-state index is 0.0997. The topological polar surface area (TPSA) is 72.7 Å². The van der Waals surface area contributed by atoms with E-state index in [1.54, 1.807) is 30.9 Å². The number of thiazole rings is 1. The number of aryl methyl sites for hydroxylation is 1. The first-order valence-corrected chi connectivity index (χ1v) is 8.54. The molecule has 0 fully saturated rings. The molecule has 2 amide bonds. The number of hydrogen-bond donors (Lipinski definition) is 1. The van der Waals surface area contributed by atoms with Crippen LogP contribution in [-0.4, -0.2) is 36.6 Å². The van der Waals surface area contributed by atoms with Gasteiger partial charge in [-0.25, -0.2) is 4.39 Å². The number of methoxy groups -OCH3 is 1. The summed E-state index contributed by atoms with van der Waals surface area (Å²) in [5, 5.41) is 2.75. The van der Waals surface area contributed by atoms with Crippen LogP contribution in [0.25, 0.3) is 0 Å². The average Bonchev–Trinajstić information content (AvgIpc) is 2.94. The first-order valence-electron chi connectivity index (χ1n) is 7.73. The van der Waals surface area contributed by atoms with Gasteiger partial charge in [-0.1, -0.05) is 12.1 Å². The molecule has 2 rings (SSSR count). The van der Waals surface area contributed by atoms with Gasteiger partial charge in [0.25, 0.3) is 5.91 Å². The second-order valence-corrected chi connectivity index (χ2v) is 6.60. The van der Waals surface area contributed by atoms with E-state index in [-0.39, 0.29) is 11.5 Å². The summed E-state index contributed by atoms with van der Waals surface area (Å²) in [6, 6.07) is 5.11. The molecule has 1 aromatic heterocycles. The van der Waals surface area contributed by atoms with Crippen molar-refractivity contribution in [3.8, 4) is 0 Å². The number of benzene rings is 1. The summed E-state index contributed by atoms with van der Waals surface area (Å²) in [4.78, 5) is 29.7. The highest BCUT2D eigenvalue weighted by Gasteiger charge is 2.17. The number of amides is 2. The van der Waals surface area contributed by atoms with Crippen molar-refractivity contribution in [3.63, 3.8) is 0 Å². The summed E-state index contributed by atoms with van der Waals surface area (Å²) in [5.41, 5.74) is -0.0997. The van der Waals surface area contributed by atoms with Crippen molar-refractivity contribution in [1.82, 2.24) is 9.88 Å². The van der Waals surface area contributed by atoms with Crippen molar-refractivity contribution in [1.29, 1.82) is 0 Å². The second kappa shape index (κ2) is 8.68. The highest BCUT2D eigenvalue weighted by Crippen LogP contribution is 2.11. The molecule has 0 saturated carbocycles. The zero-order valence-corrected chi connectivity index (χ0v) is 15.1. The maximum absolute atomic E-state index is 13.7. The Morgan fingerprint density at radius 2 is 2.12 bits per heavy atom. The van der Waals surface area contributed by atoms with Crippen molar-refractivity contribution in [2.75, 3.05) is 20.3 Å². The van der Waals surface area contributed by atoms with E-state index in [0.29, 0.717) is 18.0 Å². The zero-order valence-electron chi connectivity index (χ0n) is 14.3. The van der Waals surface area contributed by atoms with Crippen LogP contribution in [0.2, 0.25) is 0 Å². The molecule has 0 aliphatic rings. The zero-order chi connectivity index (χ0) is 18.4. The predicted molar refractivity (Wildman–Crippen MR) is 92.9 cm³/mol. The molecule has 0 spiro atoms. The van der Waals surface area contributed by atoms with E-state index in [0.717, 1.165) is 4.88 Å². The lowest BCUT2D eigenvalue weighted by atomic mass is 10.2. The third-order valence-corrected chi connectivity index (χ3v) is 4.41. The van der Waals surface area contributed by atoms with Crippen LogP contribution in [0.3, 0.4) is 0 Å². The van der Waals surface area contributed by atoms with Crippen LogP contribution in [0.15, 0.2) is 35.5 Å². The summed E-state index contributed by atoms with van der Waals surface area (Å²) in [7, 11) is 1.55. The quantitative estimate of drug-likeness (QED) is 0.797. The van der Waals surface area contributed by atoms with Gasteiger partial charge in [0.05, 0.1) is 12.2 Å². The minimum atomic E-state index is -0.680. The van der Waals surface area contributed by atoms with E-state index in [1.165, 1.54) is 29.5 Å². The summed E-state index contributed by atoms with van der Waals surface area (Å²) in [6.45, 7) is 4.36. The molecular weight excluding hydrogens is 345 g/mol. The number of rotatable bonds is 6. The summed E-state index contributed by atoms with van der Waals surface area (Å²) in [6.07, 6.45) is 1.75. The Kier molecular flexibility index (Phi) is 6.60. The Morgan fingerprint density at radius 1 is 1.40 bits per heavy atom. The molecule has 134 valence electrons. The van der Waals surface area contributed by atoms with Crippen molar-refractivity contribution in [2.45, 2.75) is 19.9 Å². The lowest BCUT2D eigenvalue weighted by Gasteiger charge is -2.13. The van der Waals surface area contributed by atoms with E-state index in [1.807, 2.05) is 6.92 Å². The average molecular weight is 365 g/mol. The normalized spacial score (nSPS) is 12.9. The third kappa shape index (κ3) is 4.83. The van der Waals surface area contributed by atoms with Crippen LogP contribution >= 0.6 is 11.3 Å². The van der Waals surface area contributed by atoms with Crippen LogP contribution in [0.1, 0.15) is 28.2 Å². The second-order valence-electron chi connectivity index (χ2n) is 5.39. The third-order valence-electron chi connectivity index (χ3n) is 3.50. The van der Waals surface area contributed by atoms with Crippen LogP contribution in [0, 0.1) is 12.7 Å². The van der Waals surface area contributed by atoms with Gasteiger partial charge in [0.1, 0.15) is 11.9 Å². The first-order chi connectivity index (χ1) is 11.9. The maximum atomic E-state index is 13.7. The highest BCUT2D eigenvalue weighted by atomic mass is 32.1. The summed E-state index contributed by atoms with van der Waals surface area (Å²) < 4.78 is 20.3. The van der Waals surface area contributed by atoms with Gasteiger partial charge < -0.3 is 14.6 Å². The molecule has 1 atom stereocenters. The SMILES string of the molecule is COCCNC(=O)[C@H](C)n1cc(C)sc1=NC(=O)c1ccccc1F. The van der Waals surface area contributed by atoms with Crippen LogP contribution in [-0.2, 0) is 9.53 Å². The largest absolute Gasteiger partial charge is 0.383 e. The van der Waals surface area contributed by atoms with Gasteiger partial charge >= 0.3 is 0 Å². The molecule has 1 N–H and O–H groups in total. The van der Waals surface area contributed by atoms with Crippen molar-refractivity contribution in [2.24, 2.45) is 4.99 Å². The fourth-order valence-electron chi connectivity index (χ4n) is 2.16. The van der Waals surface area contributed by atoms with Crippen LogP contribution in [0.5, 0.6) is 0 Å². The Morgan fingerprint density at radius 3 is 2.80 bits per heavy atom. The molecule has 0 saturated heterocycles. The molecule has 0 bridgehead atoms. The monoisotopic (exact) mass is 365 g/mol. The number of carbonyl (C=O) groups excluding carboxylic acids is 2. The molecule has 8 heteroatoms. The van der Waals surface area contributed by atoms with E-state index >= 15 is 0 Å². The predicted octanol–water partition coefficient (Wildman–Crippen LogP) is 2.06. The lowest BCUT2D eigenvalue weighted by molar-refractivity contribution is -0.124. The van der Waals surface area contributed by atoms with Gasteiger partial charge in [0, 0.05) is 24.7 Å². The number of aromatic nitrogens is 1.